The van der Waals surface area contributed by atoms with Gasteiger partial charge in [0, 0.05) is 17.5 Å². The molecule has 2 aliphatic heterocycles. The van der Waals surface area contributed by atoms with Crippen molar-refractivity contribution in [3.05, 3.63) is 70.2 Å². The van der Waals surface area contributed by atoms with Crippen LogP contribution in [0.25, 0.3) is 11.1 Å². The summed E-state index contributed by atoms with van der Waals surface area (Å²) in [6.45, 7) is 2.65. The van der Waals surface area contributed by atoms with Crippen molar-refractivity contribution in [1.82, 2.24) is 14.9 Å². The Labute approximate surface area is 216 Å². The van der Waals surface area contributed by atoms with Gasteiger partial charge in [0.1, 0.15) is 30.8 Å². The van der Waals surface area contributed by atoms with Gasteiger partial charge in [-0.1, -0.05) is 24.3 Å². The number of carbonyl (C=O) groups is 2. The first-order valence-electron chi connectivity index (χ1n) is 11.8. The number of ether oxygens (including phenoxy) is 3. The molecule has 5 rings (SSSR count). The first kappa shape index (κ1) is 25.1. The zero-order chi connectivity index (χ0) is 26.8. The molecule has 0 saturated carbocycles. The summed E-state index contributed by atoms with van der Waals surface area (Å²) in [5.41, 5.74) is 2.26. The Hall–Kier alpha value is -4.52. The van der Waals surface area contributed by atoms with Gasteiger partial charge < -0.3 is 29.6 Å². The van der Waals surface area contributed by atoms with Crippen LogP contribution in [-0.4, -0.2) is 58.4 Å². The van der Waals surface area contributed by atoms with Gasteiger partial charge in [-0.2, -0.15) is 0 Å². The Balaban J connectivity index is 1.18. The molecule has 1 N–H and O–H groups in total. The summed E-state index contributed by atoms with van der Waals surface area (Å²) in [5, 5.41) is 13.5. The highest BCUT2D eigenvalue weighted by Crippen LogP contribution is 2.30. The second-order valence-corrected chi connectivity index (χ2v) is 8.95. The van der Waals surface area contributed by atoms with Crippen LogP contribution in [-0.2, 0) is 27.4 Å². The molecule has 0 aliphatic carbocycles. The lowest BCUT2D eigenvalue weighted by Crippen LogP contribution is -2.33. The highest BCUT2D eigenvalue weighted by molar-refractivity contribution is 5.90. The topological polar surface area (TPSA) is 138 Å². The molecular weight excluding hydrogens is 501 g/mol. The van der Waals surface area contributed by atoms with Crippen molar-refractivity contribution < 1.29 is 33.1 Å². The van der Waals surface area contributed by atoms with Crippen molar-refractivity contribution in [2.24, 2.45) is 0 Å². The summed E-state index contributed by atoms with van der Waals surface area (Å²) in [6, 6.07) is 11.9. The Bertz CT molecular complexity index is 1380. The molecule has 38 heavy (non-hydrogen) atoms. The molecule has 0 radical (unpaired) electrons. The minimum absolute atomic E-state index is 0.190. The molecule has 198 valence electrons. The molecular formula is C25H24FN5O7. The van der Waals surface area contributed by atoms with Crippen molar-refractivity contribution in [2.75, 3.05) is 24.6 Å². The van der Waals surface area contributed by atoms with Crippen LogP contribution in [0.3, 0.4) is 0 Å². The second kappa shape index (κ2) is 10.5. The van der Waals surface area contributed by atoms with Gasteiger partial charge in [0.05, 0.1) is 31.9 Å². The van der Waals surface area contributed by atoms with E-state index < -0.39 is 22.9 Å². The van der Waals surface area contributed by atoms with Crippen molar-refractivity contribution in [2.45, 2.75) is 32.3 Å². The number of fused-ring (bicyclic) bond motifs is 1. The van der Waals surface area contributed by atoms with E-state index in [1.54, 1.807) is 28.8 Å². The standard InChI is InChI=1S/C25H24FN5O7/c1-15(32)27-9-19-11-30(25(33)38-19)18-6-7-21(22(26)8-18)17-4-2-16(3-5-17)13-36-20-10-29-12-23(31(34)35)28-24(29)37-14-20/h2-8,12,19-20H,9-11,13-14H2,1H3,(H,27,32). The molecule has 2 amide bonds. The summed E-state index contributed by atoms with van der Waals surface area (Å²) < 4.78 is 33.2. The minimum Gasteiger partial charge on any atom is -0.443 e. The number of imidazole rings is 1. The van der Waals surface area contributed by atoms with Crippen LogP contribution in [0.15, 0.2) is 48.7 Å². The third kappa shape index (κ3) is 5.42. The molecule has 2 atom stereocenters. The fourth-order valence-electron chi connectivity index (χ4n) is 4.26. The Morgan fingerprint density at radius 1 is 1.26 bits per heavy atom. The fourth-order valence-corrected chi connectivity index (χ4v) is 4.26. The summed E-state index contributed by atoms with van der Waals surface area (Å²) in [7, 11) is 0. The first-order valence-corrected chi connectivity index (χ1v) is 11.8. The molecule has 0 spiro atoms. The number of nitrogens with zero attached hydrogens (tertiary/aromatic N) is 4. The summed E-state index contributed by atoms with van der Waals surface area (Å²) in [6.07, 6.45) is -0.0978. The van der Waals surface area contributed by atoms with Crippen LogP contribution >= 0.6 is 0 Å². The molecule has 3 heterocycles. The van der Waals surface area contributed by atoms with Crippen molar-refractivity contribution in [3.63, 3.8) is 0 Å². The molecule has 13 heteroatoms. The zero-order valence-electron chi connectivity index (χ0n) is 20.3. The van der Waals surface area contributed by atoms with E-state index in [0.717, 1.165) is 5.56 Å². The molecule has 0 bridgehead atoms. The number of hydrogen-bond donors (Lipinski definition) is 1. The molecule has 12 nitrogen and oxygen atoms in total. The fraction of sp³-hybridized carbons (Fsp3) is 0.320. The maximum Gasteiger partial charge on any atom is 0.414 e. The number of nitro groups is 1. The third-order valence-electron chi connectivity index (χ3n) is 6.18. The Morgan fingerprint density at radius 3 is 2.76 bits per heavy atom. The number of halogens is 1. The predicted molar refractivity (Wildman–Crippen MR) is 131 cm³/mol. The number of amides is 2. The van der Waals surface area contributed by atoms with Gasteiger partial charge >= 0.3 is 17.9 Å². The van der Waals surface area contributed by atoms with Crippen LogP contribution in [0, 0.1) is 15.9 Å². The van der Waals surface area contributed by atoms with Gasteiger partial charge in [-0.25, -0.2) is 9.18 Å². The molecule has 1 fully saturated rings. The van der Waals surface area contributed by atoms with Crippen molar-refractivity contribution >= 4 is 23.5 Å². The Morgan fingerprint density at radius 2 is 2.05 bits per heavy atom. The number of hydrogen-bond acceptors (Lipinski definition) is 8. The van der Waals surface area contributed by atoms with Crippen LogP contribution in [0.2, 0.25) is 0 Å². The Kier molecular flexibility index (Phi) is 6.92. The number of rotatable bonds is 8. The number of benzene rings is 2. The molecule has 2 aliphatic rings. The number of cyclic esters (lactones) is 1. The predicted octanol–water partition coefficient (Wildman–Crippen LogP) is 3.04. The minimum atomic E-state index is -0.595. The molecule has 1 saturated heterocycles. The summed E-state index contributed by atoms with van der Waals surface area (Å²) >= 11 is 0. The van der Waals surface area contributed by atoms with E-state index in [9.17, 15) is 19.7 Å². The van der Waals surface area contributed by atoms with Crippen molar-refractivity contribution in [1.29, 1.82) is 0 Å². The van der Waals surface area contributed by atoms with E-state index in [1.165, 1.54) is 24.1 Å². The average molecular weight is 525 g/mol. The number of nitrogens with one attached hydrogen (secondary N) is 1. The van der Waals surface area contributed by atoms with Crippen LogP contribution in [0.1, 0.15) is 12.5 Å². The number of carbonyl (C=O) groups excluding carboxylic acids is 2. The SMILES string of the molecule is CC(=O)NCC1CN(c2ccc(-c3ccc(COC4COc5nc([N+](=O)[O-])cn5C4)cc3)c(F)c2)C(=O)O1. The number of aromatic nitrogens is 2. The normalized spacial score (nSPS) is 18.5. The summed E-state index contributed by atoms with van der Waals surface area (Å²) in [4.78, 5) is 38.8. The van der Waals surface area contributed by atoms with Gasteiger partial charge in [0.25, 0.3) is 0 Å². The lowest BCUT2D eigenvalue weighted by atomic mass is 10.0. The molecule has 3 aromatic rings. The van der Waals surface area contributed by atoms with Gasteiger partial charge in [0.2, 0.25) is 5.91 Å². The van der Waals surface area contributed by atoms with E-state index in [2.05, 4.69) is 10.3 Å². The number of anilines is 1. The molecule has 2 unspecified atom stereocenters. The van der Waals surface area contributed by atoms with Crippen LogP contribution in [0.5, 0.6) is 6.01 Å². The van der Waals surface area contributed by atoms with E-state index in [4.69, 9.17) is 14.2 Å². The smallest absolute Gasteiger partial charge is 0.414 e. The van der Waals surface area contributed by atoms with Crippen LogP contribution < -0.4 is 15.0 Å². The highest BCUT2D eigenvalue weighted by Gasteiger charge is 2.33. The van der Waals surface area contributed by atoms with E-state index in [-0.39, 0.29) is 50.1 Å². The zero-order valence-corrected chi connectivity index (χ0v) is 20.3. The largest absolute Gasteiger partial charge is 0.443 e. The molecule has 2 aromatic carbocycles. The quantitative estimate of drug-likeness (QED) is 0.350. The first-order chi connectivity index (χ1) is 18.3. The van der Waals surface area contributed by atoms with Gasteiger partial charge in [-0.3, -0.25) is 14.3 Å². The van der Waals surface area contributed by atoms with Gasteiger partial charge in [-0.05, 0) is 34.2 Å². The summed E-state index contributed by atoms with van der Waals surface area (Å²) in [5.74, 6) is -0.992. The van der Waals surface area contributed by atoms with Crippen molar-refractivity contribution in [3.8, 4) is 17.1 Å². The average Bonchev–Trinajstić information content (AvgIpc) is 3.49. The second-order valence-electron chi connectivity index (χ2n) is 8.95. The van der Waals surface area contributed by atoms with E-state index in [1.807, 2.05) is 12.1 Å². The lowest BCUT2D eigenvalue weighted by Gasteiger charge is -2.22. The monoisotopic (exact) mass is 525 g/mol. The van der Waals surface area contributed by atoms with Crippen LogP contribution in [0.4, 0.5) is 20.7 Å². The van der Waals surface area contributed by atoms with E-state index in [0.29, 0.717) is 23.4 Å². The maximum absolute atomic E-state index is 15.0. The molecule has 1 aromatic heterocycles. The lowest BCUT2D eigenvalue weighted by molar-refractivity contribution is -0.389. The van der Waals surface area contributed by atoms with E-state index >= 15 is 4.39 Å². The maximum atomic E-state index is 15.0. The third-order valence-corrected chi connectivity index (χ3v) is 6.18. The van der Waals surface area contributed by atoms with Gasteiger partial charge in [0.15, 0.2) is 0 Å². The van der Waals surface area contributed by atoms with Gasteiger partial charge in [-0.15, -0.1) is 0 Å². The highest BCUT2D eigenvalue weighted by atomic mass is 19.1.